The van der Waals surface area contributed by atoms with Gasteiger partial charge in [-0.1, -0.05) is 35.9 Å². The van der Waals surface area contributed by atoms with Crippen LogP contribution in [0, 0.1) is 12.7 Å². The number of piperidine rings is 1. The van der Waals surface area contributed by atoms with E-state index in [1.165, 1.54) is 6.07 Å². The number of benzene rings is 3. The second kappa shape index (κ2) is 14.7. The number of pyridine rings is 1. The van der Waals surface area contributed by atoms with Gasteiger partial charge < -0.3 is 19.7 Å². The Hall–Kier alpha value is -5.01. The third-order valence-electron chi connectivity index (χ3n) is 8.13. The highest BCUT2D eigenvalue weighted by molar-refractivity contribution is 7.91. The number of carbonyl (C=O) groups is 1. The van der Waals surface area contributed by atoms with Crippen LogP contribution in [0.15, 0.2) is 79.1 Å². The highest BCUT2D eigenvalue weighted by Gasteiger charge is 2.28. The molecule has 3 heterocycles. The molecule has 0 spiro atoms. The molecule has 2 aromatic heterocycles. The Morgan fingerprint density at radius 3 is 2.55 bits per heavy atom. The number of sulfonamides is 1. The Bertz CT molecular complexity index is 2180. The number of amides is 1. The molecule has 1 aliphatic rings. The number of hydrogen-bond acceptors (Lipinski definition) is 9. The van der Waals surface area contributed by atoms with Gasteiger partial charge in [-0.15, -0.1) is 0 Å². The van der Waals surface area contributed by atoms with Crippen molar-refractivity contribution < 1.29 is 27.1 Å². The summed E-state index contributed by atoms with van der Waals surface area (Å²) in [5.74, 6) is -0.108. The van der Waals surface area contributed by atoms with E-state index in [1.807, 2.05) is 33.8 Å². The predicted octanol–water partition coefficient (Wildman–Crippen LogP) is 8.34. The van der Waals surface area contributed by atoms with Crippen molar-refractivity contribution >= 4 is 50.1 Å². The molecular weight excluding hydrogens is 695 g/mol. The van der Waals surface area contributed by atoms with Gasteiger partial charge in [-0.25, -0.2) is 32.6 Å². The first-order valence-corrected chi connectivity index (χ1v) is 18.5. The standard InChI is InChI=1S/C37H38ClFN6O5S/c1-23-9-14-27-28(15-16-30(39)32(27)44-51(47,48)22-24-10-12-25(38)13-11-24)33(23)49-34-29(8-5-18-40-34)31-17-19-41-35(43-31)42-26-7-6-20-45(21-26)36(46)50-37(2,3)4/h5,8-19,26,44H,6-7,20-22H2,1-4H3,(H,41,42,43)/t26-/m0/s1. The number of aromatic nitrogens is 3. The maximum absolute atomic E-state index is 15.3. The van der Waals surface area contributed by atoms with Gasteiger partial charge in [0.1, 0.15) is 17.2 Å². The number of halogens is 2. The van der Waals surface area contributed by atoms with Gasteiger partial charge in [0, 0.05) is 47.3 Å². The van der Waals surface area contributed by atoms with Crippen molar-refractivity contribution in [2.45, 2.75) is 57.9 Å². The van der Waals surface area contributed by atoms with Crippen molar-refractivity contribution in [3.8, 4) is 22.9 Å². The zero-order chi connectivity index (χ0) is 36.3. The van der Waals surface area contributed by atoms with Gasteiger partial charge in [-0.3, -0.25) is 4.72 Å². The van der Waals surface area contributed by atoms with E-state index in [0.717, 1.165) is 18.4 Å². The van der Waals surface area contributed by atoms with E-state index in [4.69, 9.17) is 26.1 Å². The highest BCUT2D eigenvalue weighted by atomic mass is 35.5. The number of aryl methyl sites for hydroxylation is 1. The Labute approximate surface area is 301 Å². The Morgan fingerprint density at radius 2 is 1.78 bits per heavy atom. The fourth-order valence-corrected chi connectivity index (χ4v) is 7.15. The summed E-state index contributed by atoms with van der Waals surface area (Å²) in [4.78, 5) is 28.0. The monoisotopic (exact) mass is 732 g/mol. The first-order chi connectivity index (χ1) is 24.2. The summed E-state index contributed by atoms with van der Waals surface area (Å²) < 4.78 is 56.0. The van der Waals surface area contributed by atoms with Crippen molar-refractivity contribution in [3.05, 3.63) is 101 Å². The number of carbonyl (C=O) groups excluding carboxylic acids is 1. The number of rotatable bonds is 9. The summed E-state index contributed by atoms with van der Waals surface area (Å²) in [6, 6.07) is 17.8. The number of fused-ring (bicyclic) bond motifs is 1. The van der Waals surface area contributed by atoms with Crippen LogP contribution in [-0.2, 0) is 20.5 Å². The Kier molecular flexibility index (Phi) is 10.3. The lowest BCUT2D eigenvalue weighted by Gasteiger charge is -2.34. The van der Waals surface area contributed by atoms with Crippen molar-refractivity contribution in [1.82, 2.24) is 19.9 Å². The first kappa shape index (κ1) is 35.8. The van der Waals surface area contributed by atoms with E-state index >= 15 is 4.39 Å². The van der Waals surface area contributed by atoms with Crippen LogP contribution in [0.5, 0.6) is 11.6 Å². The number of hydrogen-bond donors (Lipinski definition) is 2. The Balaban J connectivity index is 1.25. The molecule has 0 bridgehead atoms. The number of likely N-dealkylation sites (tertiary alicyclic amines) is 1. The lowest BCUT2D eigenvalue weighted by molar-refractivity contribution is 0.0206. The van der Waals surface area contributed by atoms with Gasteiger partial charge in [0.15, 0.2) is 0 Å². The quantitative estimate of drug-likeness (QED) is 0.153. The van der Waals surface area contributed by atoms with Crippen LogP contribution in [0.2, 0.25) is 5.02 Å². The van der Waals surface area contributed by atoms with Gasteiger partial charge in [-0.05, 0) is 94.1 Å². The third-order valence-corrected chi connectivity index (χ3v) is 9.61. The molecule has 0 unspecified atom stereocenters. The minimum absolute atomic E-state index is 0.0809. The van der Waals surface area contributed by atoms with Crippen molar-refractivity contribution in [1.29, 1.82) is 0 Å². The van der Waals surface area contributed by atoms with Gasteiger partial charge in [0.05, 0.1) is 22.7 Å². The zero-order valence-corrected chi connectivity index (χ0v) is 30.2. The van der Waals surface area contributed by atoms with Gasteiger partial charge >= 0.3 is 6.09 Å². The van der Waals surface area contributed by atoms with E-state index in [0.29, 0.717) is 57.4 Å². The summed E-state index contributed by atoms with van der Waals surface area (Å²) in [6.45, 7) is 8.42. The van der Waals surface area contributed by atoms with Crippen LogP contribution >= 0.6 is 11.6 Å². The zero-order valence-electron chi connectivity index (χ0n) is 28.6. The molecule has 0 radical (unpaired) electrons. The van der Waals surface area contributed by atoms with E-state index in [-0.39, 0.29) is 29.5 Å². The summed E-state index contributed by atoms with van der Waals surface area (Å²) in [5, 5.41) is 4.63. The maximum Gasteiger partial charge on any atom is 0.410 e. The summed E-state index contributed by atoms with van der Waals surface area (Å²) in [7, 11) is -4.00. The van der Waals surface area contributed by atoms with Crippen LogP contribution in [0.1, 0.15) is 44.7 Å². The molecule has 0 saturated carbocycles. The number of nitrogens with zero attached hydrogens (tertiary/aromatic N) is 4. The van der Waals surface area contributed by atoms with Crippen molar-refractivity contribution in [2.24, 2.45) is 0 Å². The van der Waals surface area contributed by atoms with Crippen molar-refractivity contribution in [3.63, 3.8) is 0 Å². The molecule has 1 amide bonds. The predicted molar refractivity (Wildman–Crippen MR) is 196 cm³/mol. The fourth-order valence-electron chi connectivity index (χ4n) is 5.80. The summed E-state index contributed by atoms with van der Waals surface area (Å²) in [5.41, 5.74) is 1.56. The second-order valence-corrected chi connectivity index (χ2v) is 15.5. The topological polar surface area (TPSA) is 136 Å². The van der Waals surface area contributed by atoms with E-state index in [1.54, 1.807) is 71.9 Å². The molecule has 51 heavy (non-hydrogen) atoms. The number of anilines is 2. The van der Waals surface area contributed by atoms with Gasteiger partial charge in [-0.2, -0.15) is 0 Å². The van der Waals surface area contributed by atoms with Gasteiger partial charge in [0.2, 0.25) is 21.9 Å². The normalized spacial score (nSPS) is 15.0. The number of ether oxygens (including phenoxy) is 2. The molecule has 11 nitrogen and oxygen atoms in total. The molecule has 3 aromatic carbocycles. The third kappa shape index (κ3) is 8.84. The van der Waals surface area contributed by atoms with Crippen LogP contribution in [0.4, 0.5) is 20.8 Å². The molecular formula is C37H38ClFN6O5S. The van der Waals surface area contributed by atoms with Crippen molar-refractivity contribution in [2.75, 3.05) is 23.1 Å². The smallest absolute Gasteiger partial charge is 0.410 e. The largest absolute Gasteiger partial charge is 0.444 e. The minimum atomic E-state index is -4.00. The van der Waals surface area contributed by atoms with Crippen LogP contribution in [-0.4, -0.2) is 59.1 Å². The summed E-state index contributed by atoms with van der Waals surface area (Å²) >= 11 is 5.95. The summed E-state index contributed by atoms with van der Waals surface area (Å²) in [6.07, 6.45) is 4.49. The minimum Gasteiger partial charge on any atom is -0.444 e. The van der Waals surface area contributed by atoms with E-state index in [2.05, 4.69) is 20.0 Å². The molecule has 1 saturated heterocycles. The average Bonchev–Trinajstić information content (AvgIpc) is 3.08. The molecule has 14 heteroatoms. The molecule has 1 atom stereocenters. The van der Waals surface area contributed by atoms with Crippen LogP contribution < -0.4 is 14.8 Å². The highest BCUT2D eigenvalue weighted by Crippen LogP contribution is 2.40. The molecule has 1 fully saturated rings. The van der Waals surface area contributed by atoms with Crippen LogP contribution in [0.3, 0.4) is 0 Å². The van der Waals surface area contributed by atoms with E-state index in [9.17, 15) is 13.2 Å². The lowest BCUT2D eigenvalue weighted by Crippen LogP contribution is -2.47. The van der Waals surface area contributed by atoms with Crippen LogP contribution in [0.25, 0.3) is 22.0 Å². The van der Waals surface area contributed by atoms with Gasteiger partial charge in [0.25, 0.3) is 0 Å². The van der Waals surface area contributed by atoms with E-state index < -0.39 is 21.4 Å². The molecule has 2 N–H and O–H groups in total. The average molecular weight is 733 g/mol. The lowest BCUT2D eigenvalue weighted by atomic mass is 10.0. The second-order valence-electron chi connectivity index (χ2n) is 13.4. The SMILES string of the molecule is Cc1ccc2c(NS(=O)(=O)Cc3ccc(Cl)cc3)c(F)ccc2c1Oc1ncccc1-c1ccnc(N[C@H]2CCCN(C(=O)OC(C)(C)C)C2)n1. The molecule has 5 aromatic rings. The first-order valence-electron chi connectivity index (χ1n) is 16.4. The number of nitrogens with one attached hydrogen (secondary N) is 2. The molecule has 0 aliphatic carbocycles. The molecule has 6 rings (SSSR count). The fraction of sp³-hybridized carbons (Fsp3) is 0.297. The molecule has 1 aliphatic heterocycles. The Morgan fingerprint density at radius 1 is 1.02 bits per heavy atom. The molecule has 266 valence electrons. The maximum atomic E-state index is 15.3.